The molecule has 1 amide bonds. The van der Waals surface area contributed by atoms with Crippen LogP contribution in [0.1, 0.15) is 23.3 Å². The third-order valence-electron chi connectivity index (χ3n) is 5.08. The van der Waals surface area contributed by atoms with Crippen LogP contribution in [0.2, 0.25) is 0 Å². The average molecular weight is 337 g/mol. The van der Waals surface area contributed by atoms with E-state index in [0.717, 1.165) is 58.8 Å². The van der Waals surface area contributed by atoms with Crippen LogP contribution in [0.15, 0.2) is 11.4 Å². The van der Waals surface area contributed by atoms with Crippen molar-refractivity contribution in [1.82, 2.24) is 9.80 Å². The molecule has 3 heterocycles. The highest BCUT2D eigenvalue weighted by molar-refractivity contribution is 7.10. The number of hydrogen-bond acceptors (Lipinski definition) is 5. The molecule has 6 heteroatoms. The number of amides is 1. The summed E-state index contributed by atoms with van der Waals surface area (Å²) in [6.07, 6.45) is 2.13. The molecule has 1 aromatic heterocycles. The summed E-state index contributed by atoms with van der Waals surface area (Å²) in [5.74, 6) is -0.252. The summed E-state index contributed by atoms with van der Waals surface area (Å²) in [4.78, 5) is 18.2. The topological polar surface area (TPSA) is 58.8 Å². The van der Waals surface area contributed by atoms with Crippen molar-refractivity contribution in [2.24, 2.45) is 11.7 Å². The summed E-state index contributed by atoms with van der Waals surface area (Å²) >= 11 is 1.80. The molecule has 2 saturated heterocycles. The number of carbonyl (C=O) groups excluding carboxylic acids is 1. The molecule has 0 radical (unpaired) electrons. The zero-order chi connectivity index (χ0) is 16.2. The van der Waals surface area contributed by atoms with E-state index >= 15 is 0 Å². The lowest BCUT2D eigenvalue weighted by Gasteiger charge is -2.34. The lowest BCUT2D eigenvalue weighted by Crippen LogP contribution is -2.44. The first kappa shape index (κ1) is 16.9. The normalized spacial score (nSPS) is 25.3. The number of nitrogens with zero attached hydrogens (tertiary/aromatic N) is 2. The van der Waals surface area contributed by atoms with Gasteiger partial charge in [-0.15, -0.1) is 11.3 Å². The van der Waals surface area contributed by atoms with Crippen LogP contribution in [0.3, 0.4) is 0 Å². The molecule has 2 aliphatic heterocycles. The van der Waals surface area contributed by atoms with Gasteiger partial charge in [-0.05, 0) is 36.8 Å². The van der Waals surface area contributed by atoms with Gasteiger partial charge in [-0.3, -0.25) is 14.6 Å². The van der Waals surface area contributed by atoms with Crippen molar-refractivity contribution in [1.29, 1.82) is 0 Å². The number of ether oxygens (including phenoxy) is 1. The molecule has 2 aliphatic rings. The monoisotopic (exact) mass is 337 g/mol. The summed E-state index contributed by atoms with van der Waals surface area (Å²) in [5.41, 5.74) is 7.02. The number of thiophene rings is 1. The van der Waals surface area contributed by atoms with Gasteiger partial charge in [0.2, 0.25) is 5.91 Å². The molecule has 3 rings (SSSR count). The van der Waals surface area contributed by atoms with E-state index < -0.39 is 0 Å². The summed E-state index contributed by atoms with van der Waals surface area (Å²) in [5, 5.41) is 2.14. The second kappa shape index (κ2) is 7.75. The first-order chi connectivity index (χ1) is 11.1. The lowest BCUT2D eigenvalue weighted by molar-refractivity contribution is -0.122. The Kier molecular flexibility index (Phi) is 5.69. The van der Waals surface area contributed by atoms with Gasteiger partial charge in [0.15, 0.2) is 0 Å². The second-order valence-corrected chi connectivity index (χ2v) is 7.70. The highest BCUT2D eigenvalue weighted by atomic mass is 32.1. The van der Waals surface area contributed by atoms with E-state index in [2.05, 4.69) is 28.2 Å². The first-order valence-electron chi connectivity index (χ1n) is 8.50. The van der Waals surface area contributed by atoms with Gasteiger partial charge in [0.1, 0.15) is 0 Å². The molecular weight excluding hydrogens is 310 g/mol. The molecule has 1 aromatic rings. The van der Waals surface area contributed by atoms with Crippen molar-refractivity contribution in [2.45, 2.75) is 32.4 Å². The smallest absolute Gasteiger partial charge is 0.223 e. The Morgan fingerprint density at radius 1 is 1.35 bits per heavy atom. The van der Waals surface area contributed by atoms with E-state index in [9.17, 15) is 4.79 Å². The molecular formula is C17H27N3O2S. The molecule has 23 heavy (non-hydrogen) atoms. The summed E-state index contributed by atoms with van der Waals surface area (Å²) in [6.45, 7) is 8.32. The quantitative estimate of drug-likeness (QED) is 0.903. The minimum absolute atomic E-state index is 0.0828. The Morgan fingerprint density at radius 2 is 2.13 bits per heavy atom. The number of nitrogens with two attached hydrogens (primary N) is 1. The number of rotatable bonds is 4. The van der Waals surface area contributed by atoms with Crippen LogP contribution >= 0.6 is 11.3 Å². The van der Waals surface area contributed by atoms with Crippen molar-refractivity contribution in [3.05, 3.63) is 21.9 Å². The largest absolute Gasteiger partial charge is 0.381 e. The Labute approximate surface area is 142 Å². The van der Waals surface area contributed by atoms with Gasteiger partial charge < -0.3 is 10.5 Å². The van der Waals surface area contributed by atoms with E-state index in [4.69, 9.17) is 10.5 Å². The van der Waals surface area contributed by atoms with Crippen LogP contribution in [0.5, 0.6) is 0 Å². The first-order valence-corrected chi connectivity index (χ1v) is 9.38. The minimum Gasteiger partial charge on any atom is -0.381 e. The van der Waals surface area contributed by atoms with Gasteiger partial charge in [0.05, 0.1) is 5.92 Å². The van der Waals surface area contributed by atoms with E-state index in [1.807, 2.05) is 0 Å². The zero-order valence-corrected chi connectivity index (χ0v) is 14.7. The molecule has 128 valence electrons. The molecule has 0 spiro atoms. The molecule has 2 fully saturated rings. The number of carbonyl (C=O) groups is 1. The van der Waals surface area contributed by atoms with Gasteiger partial charge in [-0.25, -0.2) is 0 Å². The lowest BCUT2D eigenvalue weighted by atomic mass is 10.0. The SMILES string of the molecule is Cc1ccsc1CN1CCN(C2CCOCC2)CC(C(N)=O)C1. The van der Waals surface area contributed by atoms with Gasteiger partial charge in [0.25, 0.3) is 0 Å². The molecule has 1 unspecified atom stereocenters. The van der Waals surface area contributed by atoms with Crippen molar-refractivity contribution in [3.8, 4) is 0 Å². The van der Waals surface area contributed by atoms with Crippen molar-refractivity contribution >= 4 is 17.2 Å². The maximum Gasteiger partial charge on any atom is 0.223 e. The maximum absolute atomic E-state index is 11.9. The van der Waals surface area contributed by atoms with E-state index in [0.29, 0.717) is 6.04 Å². The fraction of sp³-hybridized carbons (Fsp3) is 0.706. The van der Waals surface area contributed by atoms with Gasteiger partial charge >= 0.3 is 0 Å². The van der Waals surface area contributed by atoms with Crippen LogP contribution < -0.4 is 5.73 Å². The van der Waals surface area contributed by atoms with E-state index in [-0.39, 0.29) is 11.8 Å². The minimum atomic E-state index is -0.170. The number of aryl methyl sites for hydroxylation is 1. The molecule has 2 N–H and O–H groups in total. The number of primary amides is 1. The Morgan fingerprint density at radius 3 is 2.78 bits per heavy atom. The zero-order valence-electron chi connectivity index (χ0n) is 13.9. The average Bonchev–Trinajstić information content (AvgIpc) is 2.83. The van der Waals surface area contributed by atoms with Crippen LogP contribution in [0.25, 0.3) is 0 Å². The molecule has 0 saturated carbocycles. The third-order valence-corrected chi connectivity index (χ3v) is 6.09. The highest BCUT2D eigenvalue weighted by Gasteiger charge is 2.31. The molecule has 1 atom stereocenters. The Hall–Kier alpha value is -0.950. The predicted molar refractivity (Wildman–Crippen MR) is 92.4 cm³/mol. The molecule has 0 aromatic carbocycles. The van der Waals surface area contributed by atoms with Gasteiger partial charge in [0, 0.05) is 56.9 Å². The Bertz CT molecular complexity index is 528. The predicted octanol–water partition coefficient (Wildman–Crippen LogP) is 1.45. The summed E-state index contributed by atoms with van der Waals surface area (Å²) in [6, 6.07) is 2.70. The van der Waals surface area contributed by atoms with Crippen LogP contribution in [-0.4, -0.2) is 61.1 Å². The highest BCUT2D eigenvalue weighted by Crippen LogP contribution is 2.22. The number of hydrogen-bond donors (Lipinski definition) is 1. The van der Waals surface area contributed by atoms with E-state index in [1.54, 1.807) is 11.3 Å². The standard InChI is InChI=1S/C17H27N3O2S/c1-13-4-9-23-16(13)12-19-5-6-20(11-14(10-19)17(18)21)15-2-7-22-8-3-15/h4,9,14-15H,2-3,5-8,10-12H2,1H3,(H2,18,21). The second-order valence-electron chi connectivity index (χ2n) is 6.70. The summed E-state index contributed by atoms with van der Waals surface area (Å²) < 4.78 is 5.47. The van der Waals surface area contributed by atoms with Gasteiger partial charge in [-0.1, -0.05) is 0 Å². The van der Waals surface area contributed by atoms with Crippen molar-refractivity contribution in [3.63, 3.8) is 0 Å². The fourth-order valence-electron chi connectivity index (χ4n) is 3.58. The Balaban J connectivity index is 1.67. The van der Waals surface area contributed by atoms with Crippen LogP contribution in [0, 0.1) is 12.8 Å². The molecule has 5 nitrogen and oxygen atoms in total. The van der Waals surface area contributed by atoms with Crippen LogP contribution in [0.4, 0.5) is 0 Å². The summed E-state index contributed by atoms with van der Waals surface area (Å²) in [7, 11) is 0. The maximum atomic E-state index is 11.9. The van der Waals surface area contributed by atoms with Crippen molar-refractivity contribution < 1.29 is 9.53 Å². The van der Waals surface area contributed by atoms with Crippen molar-refractivity contribution in [2.75, 3.05) is 39.4 Å². The molecule has 0 bridgehead atoms. The molecule has 0 aliphatic carbocycles. The van der Waals surface area contributed by atoms with Gasteiger partial charge in [-0.2, -0.15) is 0 Å². The third kappa shape index (κ3) is 4.32. The fourth-order valence-corrected chi connectivity index (χ4v) is 4.53. The van der Waals surface area contributed by atoms with E-state index in [1.165, 1.54) is 10.4 Å². The van der Waals surface area contributed by atoms with Crippen LogP contribution in [-0.2, 0) is 16.1 Å².